The third-order valence-corrected chi connectivity index (χ3v) is 1.77. The van der Waals surface area contributed by atoms with Crippen molar-refractivity contribution < 1.29 is 20.0 Å². The molecule has 0 aromatic rings. The van der Waals surface area contributed by atoms with Crippen LogP contribution in [-0.2, 0) is 4.79 Å². The van der Waals surface area contributed by atoms with E-state index in [4.69, 9.17) is 21.4 Å². The standard InChI is InChI=1S/C6H13N5O4.C3H8O/c7-6(8)9-3-1-2-4(5(12)13)10-11(14)15;1-2-3-4/h4,10H,1-3H2,(H,12,13)(H4,7,8,9);4H,2-3H2,1H3/t4-;/m0./s1. The summed E-state index contributed by atoms with van der Waals surface area (Å²) in [5, 5.41) is 34.8. The van der Waals surface area contributed by atoms with Crippen molar-refractivity contribution >= 4 is 11.9 Å². The maximum absolute atomic E-state index is 10.5. The molecule has 1 atom stereocenters. The molecule has 0 aliphatic rings. The second-order valence-corrected chi connectivity index (χ2v) is 3.48. The number of carbonyl (C=O) groups is 1. The van der Waals surface area contributed by atoms with E-state index in [1.54, 1.807) is 5.43 Å². The van der Waals surface area contributed by atoms with Gasteiger partial charge in [-0.2, -0.15) is 0 Å². The van der Waals surface area contributed by atoms with Crippen LogP contribution < -0.4 is 16.5 Å². The summed E-state index contributed by atoms with van der Waals surface area (Å²) in [5.41, 5.74) is 6.66. The van der Waals surface area contributed by atoms with Gasteiger partial charge in [-0.05, 0) is 19.3 Å². The number of aliphatic hydroxyl groups excluding tert-OH is 1. The quantitative estimate of drug-likeness (QED) is 0.106. The van der Waals surface area contributed by atoms with Gasteiger partial charge < -0.3 is 21.3 Å². The molecule has 7 N–H and O–H groups in total. The highest BCUT2D eigenvalue weighted by molar-refractivity contribution is 5.74. The van der Waals surface area contributed by atoms with Gasteiger partial charge in [0.2, 0.25) is 0 Å². The van der Waals surface area contributed by atoms with Gasteiger partial charge in [-0.15, -0.1) is 5.43 Å². The number of nitrogens with one attached hydrogen (secondary N) is 3. The van der Waals surface area contributed by atoms with Gasteiger partial charge in [0.05, 0.1) is 0 Å². The van der Waals surface area contributed by atoms with Crippen LogP contribution in [0.4, 0.5) is 0 Å². The minimum Gasteiger partial charge on any atom is -0.480 e. The number of rotatable bonds is 8. The normalized spacial score (nSPS) is 10.6. The summed E-state index contributed by atoms with van der Waals surface area (Å²) in [5.74, 6) is -1.50. The Morgan fingerprint density at radius 1 is 1.58 bits per heavy atom. The lowest BCUT2D eigenvalue weighted by Crippen LogP contribution is -2.41. The number of aliphatic carboxylic acids is 1. The van der Waals surface area contributed by atoms with Crippen LogP contribution in [0.5, 0.6) is 0 Å². The zero-order valence-electron chi connectivity index (χ0n) is 10.8. The number of hydrogen-bond acceptors (Lipinski definition) is 5. The Morgan fingerprint density at radius 3 is 2.42 bits per heavy atom. The van der Waals surface area contributed by atoms with Crippen molar-refractivity contribution in [2.45, 2.75) is 32.2 Å². The van der Waals surface area contributed by atoms with Crippen molar-refractivity contribution in [1.29, 1.82) is 5.41 Å². The van der Waals surface area contributed by atoms with Crippen LogP contribution in [0.25, 0.3) is 0 Å². The summed E-state index contributed by atoms with van der Waals surface area (Å²) in [6.45, 7) is 2.55. The van der Waals surface area contributed by atoms with E-state index in [9.17, 15) is 14.9 Å². The summed E-state index contributed by atoms with van der Waals surface area (Å²) < 4.78 is 0. The Hall–Kier alpha value is -2.10. The number of nitro groups is 1. The highest BCUT2D eigenvalue weighted by Crippen LogP contribution is 1.96. The average molecular weight is 279 g/mol. The molecule has 0 bridgehead atoms. The van der Waals surface area contributed by atoms with Gasteiger partial charge in [0.1, 0.15) is 0 Å². The molecule has 0 rings (SSSR count). The van der Waals surface area contributed by atoms with Crippen LogP contribution in [0.1, 0.15) is 26.2 Å². The van der Waals surface area contributed by atoms with Crippen LogP contribution in [0.2, 0.25) is 0 Å². The predicted octanol–water partition coefficient (Wildman–Crippen LogP) is -1.13. The molecule has 19 heavy (non-hydrogen) atoms. The second kappa shape index (κ2) is 12.4. The molecule has 0 spiro atoms. The smallest absolute Gasteiger partial charge is 0.332 e. The van der Waals surface area contributed by atoms with E-state index in [1.165, 1.54) is 0 Å². The minimum atomic E-state index is -1.28. The second-order valence-electron chi connectivity index (χ2n) is 3.48. The average Bonchev–Trinajstić information content (AvgIpc) is 2.32. The zero-order chi connectivity index (χ0) is 15.3. The number of carboxylic acid groups (broad SMARTS) is 1. The molecule has 0 radical (unpaired) electrons. The zero-order valence-corrected chi connectivity index (χ0v) is 10.8. The summed E-state index contributed by atoms with van der Waals surface area (Å²) in [4.78, 5) is 20.5. The highest BCUT2D eigenvalue weighted by Gasteiger charge is 2.21. The SMILES string of the molecule is CCCO.N=C(N)NCCC[C@H](N[N+](=O)[O-])C(=O)O. The third-order valence-electron chi connectivity index (χ3n) is 1.77. The Kier molecular flexibility index (Phi) is 12.5. The maximum Gasteiger partial charge on any atom is 0.332 e. The van der Waals surface area contributed by atoms with E-state index in [0.29, 0.717) is 19.6 Å². The lowest BCUT2D eigenvalue weighted by atomic mass is 10.1. The Labute approximate surface area is 110 Å². The van der Waals surface area contributed by atoms with E-state index >= 15 is 0 Å². The van der Waals surface area contributed by atoms with E-state index in [2.05, 4.69) is 5.32 Å². The first-order valence-corrected chi connectivity index (χ1v) is 5.67. The number of carboxylic acids is 1. The third kappa shape index (κ3) is 15.9. The molecule has 0 aliphatic heterocycles. The number of aliphatic hydroxyl groups is 1. The van der Waals surface area contributed by atoms with Crippen LogP contribution in [0.15, 0.2) is 0 Å². The van der Waals surface area contributed by atoms with Crippen molar-refractivity contribution in [2.75, 3.05) is 13.2 Å². The number of nitrogens with two attached hydrogens (primary N) is 1. The van der Waals surface area contributed by atoms with Gasteiger partial charge in [0.15, 0.2) is 17.0 Å². The lowest BCUT2D eigenvalue weighted by Gasteiger charge is -2.09. The van der Waals surface area contributed by atoms with Gasteiger partial charge in [0.25, 0.3) is 0 Å². The molecule has 0 amide bonds. The van der Waals surface area contributed by atoms with E-state index < -0.39 is 17.0 Å². The molecule has 0 unspecified atom stereocenters. The van der Waals surface area contributed by atoms with Gasteiger partial charge >= 0.3 is 5.97 Å². The van der Waals surface area contributed by atoms with Crippen LogP contribution >= 0.6 is 0 Å². The maximum atomic E-state index is 10.5. The molecule has 0 aliphatic carbocycles. The molecule has 10 heteroatoms. The molecule has 0 heterocycles. The molecule has 0 fully saturated rings. The molecule has 0 aromatic carbocycles. The first-order chi connectivity index (χ1) is 8.84. The fourth-order valence-corrected chi connectivity index (χ4v) is 0.900. The van der Waals surface area contributed by atoms with Crippen LogP contribution in [-0.4, -0.2) is 46.4 Å². The minimum absolute atomic E-state index is 0.0800. The Bertz CT molecular complexity index is 284. The van der Waals surface area contributed by atoms with Crippen molar-refractivity contribution in [3.8, 4) is 0 Å². The summed E-state index contributed by atoms with van der Waals surface area (Å²) in [6, 6.07) is -1.23. The van der Waals surface area contributed by atoms with Crippen LogP contribution in [0, 0.1) is 15.5 Å². The predicted molar refractivity (Wildman–Crippen MR) is 68.1 cm³/mol. The molecule has 10 nitrogen and oxygen atoms in total. The highest BCUT2D eigenvalue weighted by atomic mass is 16.7. The molecular formula is C9H21N5O5. The fourth-order valence-electron chi connectivity index (χ4n) is 0.900. The number of hydrazine groups is 1. The largest absolute Gasteiger partial charge is 0.480 e. The number of hydrogen-bond donors (Lipinski definition) is 6. The molecule has 0 aromatic heterocycles. The van der Waals surface area contributed by atoms with Crippen molar-refractivity contribution in [3.63, 3.8) is 0 Å². The lowest BCUT2D eigenvalue weighted by molar-refractivity contribution is -0.549. The Morgan fingerprint density at radius 2 is 2.11 bits per heavy atom. The first kappa shape index (κ1) is 19.2. The van der Waals surface area contributed by atoms with Crippen molar-refractivity contribution in [1.82, 2.24) is 10.7 Å². The van der Waals surface area contributed by atoms with Gasteiger partial charge in [0, 0.05) is 13.2 Å². The molecule has 112 valence electrons. The molecular weight excluding hydrogens is 258 g/mol. The Balaban J connectivity index is 0. The molecule has 0 saturated heterocycles. The fraction of sp³-hybridized carbons (Fsp3) is 0.778. The first-order valence-electron chi connectivity index (χ1n) is 5.67. The van der Waals surface area contributed by atoms with Crippen LogP contribution in [0.3, 0.4) is 0 Å². The van der Waals surface area contributed by atoms with Gasteiger partial charge in [-0.25, -0.2) is 14.9 Å². The summed E-state index contributed by atoms with van der Waals surface area (Å²) >= 11 is 0. The topological polar surface area (TPSA) is 175 Å². The summed E-state index contributed by atoms with van der Waals surface area (Å²) in [6.07, 6.45) is 1.31. The van der Waals surface area contributed by atoms with Crippen molar-refractivity contribution in [3.05, 3.63) is 10.1 Å². The monoisotopic (exact) mass is 279 g/mol. The van der Waals surface area contributed by atoms with Gasteiger partial charge in [-0.1, -0.05) is 6.92 Å². The molecule has 0 saturated carbocycles. The van der Waals surface area contributed by atoms with Crippen molar-refractivity contribution in [2.24, 2.45) is 5.73 Å². The number of nitrogens with zero attached hydrogens (tertiary/aromatic N) is 1. The number of guanidine groups is 1. The van der Waals surface area contributed by atoms with E-state index in [0.717, 1.165) is 6.42 Å². The van der Waals surface area contributed by atoms with E-state index in [-0.39, 0.29) is 12.4 Å². The summed E-state index contributed by atoms with van der Waals surface area (Å²) in [7, 11) is 0. The van der Waals surface area contributed by atoms with E-state index in [1.807, 2.05) is 6.92 Å². The van der Waals surface area contributed by atoms with Gasteiger partial charge in [-0.3, -0.25) is 5.41 Å².